The molecule has 160 valence electrons. The fourth-order valence-electron chi connectivity index (χ4n) is 2.73. The number of benzene rings is 3. The molecule has 0 bridgehead atoms. The molecule has 0 radical (unpaired) electrons. The smallest absolute Gasteiger partial charge is 0.249 e. The van der Waals surface area contributed by atoms with Gasteiger partial charge in [0.15, 0.2) is 5.76 Å². The van der Waals surface area contributed by atoms with Crippen LogP contribution in [0.1, 0.15) is 22.3 Å². The zero-order valence-corrected chi connectivity index (χ0v) is 17.7. The number of halogens is 1. The second-order valence-corrected chi connectivity index (χ2v) is 7.03. The lowest BCUT2D eigenvalue weighted by Crippen LogP contribution is -2.12. The van der Waals surface area contributed by atoms with Gasteiger partial charge in [-0.25, -0.2) is 4.39 Å². The Kier molecular flexibility index (Phi) is 7.94. The zero-order chi connectivity index (χ0) is 22.8. The molecule has 3 aromatic carbocycles. The summed E-state index contributed by atoms with van der Waals surface area (Å²) in [5, 5.41) is 16.4. The highest BCUT2D eigenvalue weighted by molar-refractivity contribution is 6.10. The molecule has 0 aliphatic rings. The lowest BCUT2D eigenvalue weighted by Gasteiger charge is -2.13. The van der Waals surface area contributed by atoms with E-state index in [1.165, 1.54) is 12.1 Å². The van der Waals surface area contributed by atoms with Gasteiger partial charge >= 0.3 is 0 Å². The fourth-order valence-corrected chi connectivity index (χ4v) is 2.73. The van der Waals surface area contributed by atoms with Crippen molar-refractivity contribution >= 4 is 11.6 Å². The van der Waals surface area contributed by atoms with Gasteiger partial charge < -0.3 is 9.47 Å². The number of hydrogen-bond acceptors (Lipinski definition) is 4. The second-order valence-electron chi connectivity index (χ2n) is 7.03. The summed E-state index contributed by atoms with van der Waals surface area (Å²) in [7, 11) is 0. The Balaban J connectivity index is 1.75. The van der Waals surface area contributed by atoms with Crippen LogP contribution in [0.5, 0.6) is 0 Å². The summed E-state index contributed by atoms with van der Waals surface area (Å²) in [6.45, 7) is 2.19. The molecule has 3 aromatic rings. The molecule has 0 heterocycles. The Labute approximate surface area is 187 Å². The highest BCUT2D eigenvalue weighted by Crippen LogP contribution is 2.11. The monoisotopic (exact) mass is 426 g/mol. The van der Waals surface area contributed by atoms with Gasteiger partial charge in [-0.05, 0) is 41.7 Å². The van der Waals surface area contributed by atoms with Crippen molar-refractivity contribution in [3.63, 3.8) is 0 Å². The van der Waals surface area contributed by atoms with Gasteiger partial charge in [-0.3, -0.25) is 10.8 Å². The minimum atomic E-state index is -0.436. The van der Waals surface area contributed by atoms with Gasteiger partial charge in [0.1, 0.15) is 24.7 Å². The van der Waals surface area contributed by atoms with Gasteiger partial charge in [0.25, 0.3) is 0 Å². The van der Waals surface area contributed by atoms with E-state index in [9.17, 15) is 4.39 Å². The molecule has 5 heteroatoms. The third-order valence-corrected chi connectivity index (χ3v) is 4.42. The Morgan fingerprint density at radius 3 is 2.06 bits per heavy atom. The highest BCUT2D eigenvalue weighted by Gasteiger charge is 2.11. The van der Waals surface area contributed by atoms with Crippen LogP contribution in [0.15, 0.2) is 90.7 Å². The predicted octanol–water partition coefficient (Wildman–Crippen LogP) is 5.80. The van der Waals surface area contributed by atoms with E-state index in [0.29, 0.717) is 0 Å². The highest BCUT2D eigenvalue weighted by atomic mass is 19.1. The van der Waals surface area contributed by atoms with Crippen molar-refractivity contribution < 1.29 is 13.9 Å². The molecule has 4 nitrogen and oxygen atoms in total. The molecular weight excluding hydrogens is 403 g/mol. The largest absolute Gasteiger partial charge is 0.483 e. The van der Waals surface area contributed by atoms with E-state index < -0.39 is 5.82 Å². The first-order valence-corrected chi connectivity index (χ1v) is 10.0. The Bertz CT molecular complexity index is 1180. The van der Waals surface area contributed by atoms with Crippen molar-refractivity contribution in [1.29, 1.82) is 10.8 Å². The van der Waals surface area contributed by atoms with Gasteiger partial charge in [0, 0.05) is 6.08 Å². The molecule has 3 rings (SSSR count). The van der Waals surface area contributed by atoms with Crippen LogP contribution >= 0.6 is 0 Å². The van der Waals surface area contributed by atoms with E-state index in [1.54, 1.807) is 19.1 Å². The average Bonchev–Trinajstić information content (AvgIpc) is 2.81. The summed E-state index contributed by atoms with van der Waals surface area (Å²) >= 11 is 0. The molecule has 0 atom stereocenters. The second kappa shape index (κ2) is 11.3. The minimum Gasteiger partial charge on any atom is -0.483 e. The number of aryl methyl sites for hydroxylation is 1. The number of ether oxygens (including phenoxy) is 2. The van der Waals surface area contributed by atoms with E-state index in [2.05, 4.69) is 11.8 Å². The molecule has 0 aliphatic heterocycles. The average molecular weight is 426 g/mol. The quantitative estimate of drug-likeness (QED) is 0.217. The first-order valence-electron chi connectivity index (χ1n) is 10.0. The van der Waals surface area contributed by atoms with Crippen molar-refractivity contribution in [2.24, 2.45) is 0 Å². The maximum atomic E-state index is 14.0. The minimum absolute atomic E-state index is 0.0773. The van der Waals surface area contributed by atoms with Crippen LogP contribution in [0.25, 0.3) is 0 Å². The van der Waals surface area contributed by atoms with Crippen LogP contribution < -0.4 is 0 Å². The zero-order valence-electron chi connectivity index (χ0n) is 17.7. The summed E-state index contributed by atoms with van der Waals surface area (Å²) in [5.74, 6) is 4.69. The lowest BCUT2D eigenvalue weighted by atomic mass is 10.1. The SMILES string of the molecule is Cc1ccc(C#CC(=N)/C=C(/OCc2ccccc2)C(=N)OCc2ccccc2)c(F)c1. The molecule has 0 aliphatic carbocycles. The van der Waals surface area contributed by atoms with Gasteiger partial charge in [0.2, 0.25) is 5.90 Å². The number of rotatable bonds is 7. The molecule has 2 N–H and O–H groups in total. The topological polar surface area (TPSA) is 66.2 Å². The van der Waals surface area contributed by atoms with E-state index in [4.69, 9.17) is 20.3 Å². The molecule has 0 saturated carbocycles. The van der Waals surface area contributed by atoms with Crippen LogP contribution in [0.4, 0.5) is 4.39 Å². The third-order valence-electron chi connectivity index (χ3n) is 4.42. The van der Waals surface area contributed by atoms with E-state index in [0.717, 1.165) is 16.7 Å². The van der Waals surface area contributed by atoms with Crippen LogP contribution in [-0.2, 0) is 22.7 Å². The van der Waals surface area contributed by atoms with E-state index in [-0.39, 0.29) is 36.1 Å². The van der Waals surface area contributed by atoms with Crippen molar-refractivity contribution in [3.8, 4) is 11.8 Å². The van der Waals surface area contributed by atoms with Crippen LogP contribution in [0, 0.1) is 35.4 Å². The fraction of sp³-hybridized carbons (Fsp3) is 0.111. The lowest BCUT2D eigenvalue weighted by molar-refractivity contribution is 0.191. The molecular formula is C27H23FN2O2. The maximum Gasteiger partial charge on any atom is 0.249 e. The number of allylic oxidation sites excluding steroid dienone is 1. The van der Waals surface area contributed by atoms with E-state index >= 15 is 0 Å². The van der Waals surface area contributed by atoms with Crippen LogP contribution in [0.2, 0.25) is 0 Å². The van der Waals surface area contributed by atoms with Crippen LogP contribution in [-0.4, -0.2) is 11.6 Å². The first kappa shape index (κ1) is 22.5. The molecule has 0 fully saturated rings. The van der Waals surface area contributed by atoms with Gasteiger partial charge in [0.05, 0.1) is 5.56 Å². The Morgan fingerprint density at radius 1 is 0.875 bits per heavy atom. The Hall–Kier alpha value is -4.17. The third kappa shape index (κ3) is 6.96. The summed E-state index contributed by atoms with van der Waals surface area (Å²) in [6, 6.07) is 23.7. The molecule has 0 saturated heterocycles. The number of nitrogens with one attached hydrogen (secondary N) is 2. The molecule has 0 amide bonds. The Morgan fingerprint density at radius 2 is 1.47 bits per heavy atom. The standard InChI is InChI=1S/C27H23FN2O2/c1-20-12-13-23(25(28)16-20)14-15-24(29)17-26(31-18-21-8-4-2-5-9-21)27(30)32-19-22-10-6-3-7-11-22/h2-13,16-17,29-30H,18-19H2,1H3/b26-17+,29-24?,30-27?. The van der Waals surface area contributed by atoms with Crippen molar-refractivity contribution in [2.45, 2.75) is 20.1 Å². The summed E-state index contributed by atoms with van der Waals surface area (Å²) < 4.78 is 25.3. The first-order chi connectivity index (χ1) is 15.5. The predicted molar refractivity (Wildman–Crippen MR) is 124 cm³/mol. The normalized spacial score (nSPS) is 10.6. The van der Waals surface area contributed by atoms with Crippen LogP contribution in [0.3, 0.4) is 0 Å². The van der Waals surface area contributed by atoms with Gasteiger partial charge in [-0.2, -0.15) is 0 Å². The maximum absolute atomic E-state index is 14.0. The molecule has 0 unspecified atom stereocenters. The number of hydrogen-bond donors (Lipinski definition) is 2. The summed E-state index contributed by atoms with van der Waals surface area (Å²) in [5.41, 5.74) is 2.69. The van der Waals surface area contributed by atoms with Gasteiger partial charge in [-0.1, -0.05) is 72.7 Å². The van der Waals surface area contributed by atoms with E-state index in [1.807, 2.05) is 60.7 Å². The van der Waals surface area contributed by atoms with Gasteiger partial charge in [-0.15, -0.1) is 0 Å². The molecule has 0 aromatic heterocycles. The van der Waals surface area contributed by atoms with Crippen molar-refractivity contribution in [2.75, 3.05) is 0 Å². The summed E-state index contributed by atoms with van der Waals surface area (Å²) in [6.07, 6.45) is 1.31. The van der Waals surface area contributed by atoms with Crippen molar-refractivity contribution in [3.05, 3.63) is 119 Å². The van der Waals surface area contributed by atoms with Crippen molar-refractivity contribution in [1.82, 2.24) is 0 Å². The molecule has 0 spiro atoms. The molecule has 32 heavy (non-hydrogen) atoms. The summed E-state index contributed by atoms with van der Waals surface area (Å²) in [4.78, 5) is 0.